The number of esters is 1. The van der Waals surface area contributed by atoms with Crippen molar-refractivity contribution >= 4 is 40.6 Å². The van der Waals surface area contributed by atoms with Crippen molar-refractivity contribution in [3.8, 4) is 0 Å². The molecular weight excluding hydrogens is 380 g/mol. The highest BCUT2D eigenvalue weighted by atomic mass is 32.2. The Morgan fingerprint density at radius 2 is 2.00 bits per heavy atom. The second-order valence-electron chi connectivity index (χ2n) is 7.03. The molecule has 1 amide bonds. The molecule has 1 aromatic rings. The molecule has 0 bridgehead atoms. The van der Waals surface area contributed by atoms with Crippen LogP contribution in [0.2, 0.25) is 0 Å². The molecule has 1 fully saturated rings. The minimum absolute atomic E-state index is 0.0284. The van der Waals surface area contributed by atoms with Gasteiger partial charge in [-0.2, -0.15) is 0 Å². The standard InChI is InChI=1S/C20H24N2O3S2/c1-11(2)10-25-19(24)16-12(3)21-20-22(18(23)13(4)27-20)17(16)14-6-8-15(26-5)9-7-14/h6-9,11,13,17H,10H2,1-5H3/t13-,17+/m0/s1. The first-order chi connectivity index (χ1) is 12.8. The molecule has 0 aliphatic carbocycles. The Morgan fingerprint density at radius 3 is 2.59 bits per heavy atom. The number of carbonyl (C=O) groups excluding carboxylic acids is 2. The summed E-state index contributed by atoms with van der Waals surface area (Å²) in [6.45, 7) is 8.00. The van der Waals surface area contributed by atoms with Gasteiger partial charge in [0.2, 0.25) is 5.91 Å². The Kier molecular flexibility index (Phi) is 6.01. The van der Waals surface area contributed by atoms with Crippen LogP contribution < -0.4 is 0 Å². The lowest BCUT2D eigenvalue weighted by Gasteiger charge is -2.33. The Balaban J connectivity index is 2.05. The second-order valence-corrected chi connectivity index (χ2v) is 9.22. The molecule has 0 saturated carbocycles. The molecular formula is C20H24N2O3S2. The van der Waals surface area contributed by atoms with Crippen LogP contribution in [-0.4, -0.2) is 40.1 Å². The van der Waals surface area contributed by atoms with E-state index in [1.54, 1.807) is 16.7 Å². The van der Waals surface area contributed by atoms with Crippen LogP contribution in [0.5, 0.6) is 0 Å². The third kappa shape index (κ3) is 3.94. The lowest BCUT2D eigenvalue weighted by molar-refractivity contribution is -0.141. The van der Waals surface area contributed by atoms with Gasteiger partial charge in [-0.05, 0) is 43.7 Å². The van der Waals surface area contributed by atoms with E-state index in [4.69, 9.17) is 4.74 Å². The van der Waals surface area contributed by atoms with Gasteiger partial charge in [-0.3, -0.25) is 9.69 Å². The van der Waals surface area contributed by atoms with Crippen molar-refractivity contribution in [3.63, 3.8) is 0 Å². The average molecular weight is 405 g/mol. The van der Waals surface area contributed by atoms with Crippen LogP contribution in [-0.2, 0) is 14.3 Å². The molecule has 144 valence electrons. The Labute approximate surface area is 168 Å². The van der Waals surface area contributed by atoms with Gasteiger partial charge >= 0.3 is 5.97 Å². The van der Waals surface area contributed by atoms with Crippen molar-refractivity contribution < 1.29 is 14.3 Å². The zero-order valence-electron chi connectivity index (χ0n) is 16.2. The first kappa shape index (κ1) is 20.0. The molecule has 1 saturated heterocycles. The van der Waals surface area contributed by atoms with Gasteiger partial charge in [0, 0.05) is 4.90 Å². The number of carbonyl (C=O) groups is 2. The number of allylic oxidation sites excluding steroid dienone is 1. The van der Waals surface area contributed by atoms with Crippen molar-refractivity contribution in [1.29, 1.82) is 0 Å². The molecule has 0 aromatic heterocycles. The van der Waals surface area contributed by atoms with Crippen LogP contribution in [0.1, 0.15) is 39.3 Å². The average Bonchev–Trinajstić information content (AvgIpc) is 2.92. The number of amidine groups is 1. The number of hydrogen-bond acceptors (Lipinski definition) is 6. The molecule has 0 unspecified atom stereocenters. The summed E-state index contributed by atoms with van der Waals surface area (Å²) in [5.41, 5.74) is 1.95. The zero-order chi connectivity index (χ0) is 19.7. The van der Waals surface area contributed by atoms with E-state index in [0.717, 1.165) is 10.5 Å². The number of ether oxygens (including phenoxy) is 1. The van der Waals surface area contributed by atoms with Crippen molar-refractivity contribution in [2.24, 2.45) is 10.9 Å². The maximum atomic E-state index is 12.9. The fraction of sp³-hybridized carbons (Fsp3) is 0.450. The minimum Gasteiger partial charge on any atom is -0.462 e. The molecule has 2 atom stereocenters. The van der Waals surface area contributed by atoms with Gasteiger partial charge in [0.05, 0.1) is 29.2 Å². The highest BCUT2D eigenvalue weighted by Gasteiger charge is 2.46. The van der Waals surface area contributed by atoms with E-state index in [1.165, 1.54) is 11.8 Å². The second kappa shape index (κ2) is 8.10. The van der Waals surface area contributed by atoms with E-state index in [1.807, 2.05) is 58.2 Å². The Morgan fingerprint density at radius 1 is 1.33 bits per heavy atom. The molecule has 0 N–H and O–H groups in total. The summed E-state index contributed by atoms with van der Waals surface area (Å²) in [6, 6.07) is 7.47. The van der Waals surface area contributed by atoms with Gasteiger partial charge in [0.15, 0.2) is 5.17 Å². The van der Waals surface area contributed by atoms with E-state index in [2.05, 4.69) is 4.99 Å². The van der Waals surface area contributed by atoms with Crippen LogP contribution in [0, 0.1) is 5.92 Å². The van der Waals surface area contributed by atoms with Gasteiger partial charge in [0.1, 0.15) is 0 Å². The van der Waals surface area contributed by atoms with E-state index >= 15 is 0 Å². The first-order valence-electron chi connectivity index (χ1n) is 8.93. The highest BCUT2D eigenvalue weighted by molar-refractivity contribution is 8.15. The van der Waals surface area contributed by atoms with Crippen molar-refractivity contribution in [1.82, 2.24) is 4.90 Å². The van der Waals surface area contributed by atoms with E-state index < -0.39 is 12.0 Å². The van der Waals surface area contributed by atoms with Gasteiger partial charge < -0.3 is 4.74 Å². The summed E-state index contributed by atoms with van der Waals surface area (Å²) in [4.78, 5) is 33.1. The zero-order valence-corrected chi connectivity index (χ0v) is 17.8. The number of thioether (sulfide) groups is 2. The number of hydrogen-bond donors (Lipinski definition) is 0. The molecule has 0 radical (unpaired) electrons. The number of nitrogens with zero attached hydrogens (tertiary/aromatic N) is 2. The maximum absolute atomic E-state index is 12.9. The van der Waals surface area contributed by atoms with Gasteiger partial charge in [-0.15, -0.1) is 11.8 Å². The molecule has 27 heavy (non-hydrogen) atoms. The lowest BCUT2D eigenvalue weighted by Crippen LogP contribution is -2.40. The topological polar surface area (TPSA) is 59.0 Å². The molecule has 7 heteroatoms. The Hall–Kier alpha value is -1.73. The Bertz CT molecular complexity index is 815. The van der Waals surface area contributed by atoms with Crippen LogP contribution >= 0.6 is 23.5 Å². The predicted octanol–water partition coefficient (Wildman–Crippen LogP) is 4.26. The summed E-state index contributed by atoms with van der Waals surface area (Å²) in [5.74, 6) is -0.194. The summed E-state index contributed by atoms with van der Waals surface area (Å²) in [6.07, 6.45) is 2.02. The minimum atomic E-state index is -0.502. The van der Waals surface area contributed by atoms with Crippen LogP contribution in [0.3, 0.4) is 0 Å². The van der Waals surface area contributed by atoms with Gasteiger partial charge in [0.25, 0.3) is 0 Å². The summed E-state index contributed by atoms with van der Waals surface area (Å²) in [7, 11) is 0. The third-order valence-corrected chi connectivity index (χ3v) is 6.26. The fourth-order valence-electron chi connectivity index (χ4n) is 3.09. The maximum Gasteiger partial charge on any atom is 0.338 e. The van der Waals surface area contributed by atoms with Crippen molar-refractivity contribution in [2.45, 2.75) is 43.9 Å². The van der Waals surface area contributed by atoms with E-state index in [9.17, 15) is 9.59 Å². The van der Waals surface area contributed by atoms with Crippen LogP contribution in [0.25, 0.3) is 0 Å². The molecule has 0 spiro atoms. The normalized spacial score (nSPS) is 22.2. The summed E-state index contributed by atoms with van der Waals surface area (Å²) >= 11 is 3.09. The lowest BCUT2D eigenvalue weighted by atomic mass is 9.94. The SMILES string of the molecule is CSc1ccc([C@@H]2C(C(=O)OCC(C)C)=C(C)N=C3S[C@@H](C)C(=O)N32)cc1. The van der Waals surface area contributed by atoms with Gasteiger partial charge in [-0.1, -0.05) is 37.7 Å². The molecule has 5 nitrogen and oxygen atoms in total. The van der Waals surface area contributed by atoms with Crippen LogP contribution in [0.15, 0.2) is 45.4 Å². The van der Waals surface area contributed by atoms with E-state index in [0.29, 0.717) is 23.0 Å². The number of benzene rings is 1. The molecule has 2 heterocycles. The quantitative estimate of drug-likeness (QED) is 0.542. The number of rotatable bonds is 5. The summed E-state index contributed by atoms with van der Waals surface area (Å²) in [5, 5.41) is 0.444. The third-order valence-electron chi connectivity index (χ3n) is 4.46. The van der Waals surface area contributed by atoms with E-state index in [-0.39, 0.29) is 17.1 Å². The summed E-state index contributed by atoms with van der Waals surface area (Å²) < 4.78 is 5.51. The number of fused-ring (bicyclic) bond motifs is 1. The molecule has 2 aliphatic rings. The monoisotopic (exact) mass is 404 g/mol. The number of aliphatic imine (C=N–C) groups is 1. The molecule has 3 rings (SSSR count). The van der Waals surface area contributed by atoms with Crippen LogP contribution in [0.4, 0.5) is 0 Å². The molecule has 1 aromatic carbocycles. The van der Waals surface area contributed by atoms with Gasteiger partial charge in [-0.25, -0.2) is 9.79 Å². The predicted molar refractivity (Wildman–Crippen MR) is 111 cm³/mol. The molecule has 2 aliphatic heterocycles. The van der Waals surface area contributed by atoms with Crippen molar-refractivity contribution in [2.75, 3.05) is 12.9 Å². The highest BCUT2D eigenvalue weighted by Crippen LogP contribution is 2.43. The smallest absolute Gasteiger partial charge is 0.338 e. The largest absolute Gasteiger partial charge is 0.462 e. The fourth-order valence-corrected chi connectivity index (χ4v) is 4.52. The number of amides is 1. The van der Waals surface area contributed by atoms with Crippen molar-refractivity contribution in [3.05, 3.63) is 41.1 Å². The first-order valence-corrected chi connectivity index (χ1v) is 11.0.